The molecule has 1 aromatic heterocycles. The zero-order valence-electron chi connectivity index (χ0n) is 6.61. The molecular formula is C8H5ClN4. The predicted molar refractivity (Wildman–Crippen MR) is 50.1 cm³/mol. The first kappa shape index (κ1) is 9.40. The van der Waals surface area contributed by atoms with Crippen molar-refractivity contribution in [3.05, 3.63) is 39.5 Å². The molecule has 0 aliphatic heterocycles. The molecule has 1 aromatic rings. The van der Waals surface area contributed by atoms with Gasteiger partial charge in [0.05, 0.1) is 11.6 Å². The van der Waals surface area contributed by atoms with Crippen molar-refractivity contribution >= 4 is 11.6 Å². The summed E-state index contributed by atoms with van der Waals surface area (Å²) in [5, 5.41) is 3.83. The highest BCUT2D eigenvalue weighted by atomic mass is 35.5. The molecule has 0 N–H and O–H groups in total. The average molecular weight is 193 g/mol. The molecule has 0 aliphatic carbocycles. The third-order valence-corrected chi connectivity index (χ3v) is 1.38. The van der Waals surface area contributed by atoms with E-state index in [0.29, 0.717) is 10.7 Å². The maximum Gasteiger partial charge on any atom is 0.113 e. The standard InChI is InChI=1S/C8H5ClN4/c9-7-3-4-8(11-6-7)2-1-5-12-13-10/h3-4,6H,5H2. The number of nitrogens with zero attached hydrogens (tertiary/aromatic N) is 4. The highest BCUT2D eigenvalue weighted by Crippen LogP contribution is 2.04. The first-order valence-corrected chi connectivity index (χ1v) is 3.82. The first-order chi connectivity index (χ1) is 6.33. The van der Waals surface area contributed by atoms with Gasteiger partial charge < -0.3 is 0 Å². The third-order valence-electron chi connectivity index (χ3n) is 1.16. The Labute approximate surface area is 80.2 Å². The van der Waals surface area contributed by atoms with E-state index in [-0.39, 0.29) is 6.54 Å². The lowest BCUT2D eigenvalue weighted by molar-refractivity contribution is 1.24. The van der Waals surface area contributed by atoms with Gasteiger partial charge in [-0.25, -0.2) is 4.98 Å². The van der Waals surface area contributed by atoms with Crippen LogP contribution in [0.4, 0.5) is 0 Å². The number of azide groups is 1. The largest absolute Gasteiger partial charge is 0.246 e. The van der Waals surface area contributed by atoms with E-state index < -0.39 is 0 Å². The lowest BCUT2D eigenvalue weighted by Crippen LogP contribution is -1.80. The van der Waals surface area contributed by atoms with E-state index in [1.807, 2.05) is 0 Å². The van der Waals surface area contributed by atoms with Crippen LogP contribution in [0.15, 0.2) is 23.4 Å². The Morgan fingerprint density at radius 3 is 3.08 bits per heavy atom. The monoisotopic (exact) mass is 192 g/mol. The SMILES string of the molecule is [N-]=[N+]=NCC#Cc1ccc(Cl)cn1. The van der Waals surface area contributed by atoms with Crippen molar-refractivity contribution in [1.82, 2.24) is 4.98 Å². The summed E-state index contributed by atoms with van der Waals surface area (Å²) < 4.78 is 0. The van der Waals surface area contributed by atoms with E-state index in [1.165, 1.54) is 6.20 Å². The maximum absolute atomic E-state index is 7.96. The molecule has 5 heteroatoms. The minimum Gasteiger partial charge on any atom is -0.246 e. The van der Waals surface area contributed by atoms with Gasteiger partial charge in [0.15, 0.2) is 0 Å². The second-order valence-corrected chi connectivity index (χ2v) is 2.49. The molecule has 0 radical (unpaired) electrons. The van der Waals surface area contributed by atoms with Crippen molar-refractivity contribution in [2.75, 3.05) is 6.54 Å². The van der Waals surface area contributed by atoms with Crippen LogP contribution >= 0.6 is 11.6 Å². The summed E-state index contributed by atoms with van der Waals surface area (Å²) in [5.41, 5.74) is 8.57. The fourth-order valence-electron chi connectivity index (χ4n) is 0.647. The van der Waals surface area contributed by atoms with Gasteiger partial charge in [0, 0.05) is 11.1 Å². The smallest absolute Gasteiger partial charge is 0.113 e. The number of hydrogen-bond acceptors (Lipinski definition) is 2. The molecule has 0 saturated heterocycles. The second kappa shape index (κ2) is 5.04. The summed E-state index contributed by atoms with van der Waals surface area (Å²) in [6.45, 7) is 0.154. The van der Waals surface area contributed by atoms with Crippen molar-refractivity contribution in [3.8, 4) is 11.8 Å². The highest BCUT2D eigenvalue weighted by Gasteiger charge is 1.87. The molecule has 0 spiro atoms. The topological polar surface area (TPSA) is 61.7 Å². The molecule has 64 valence electrons. The molecule has 0 aliphatic rings. The van der Waals surface area contributed by atoms with Crippen LogP contribution in [0.5, 0.6) is 0 Å². The Hall–Kier alpha value is -1.69. The molecular weight excluding hydrogens is 188 g/mol. The Morgan fingerprint density at radius 2 is 2.46 bits per heavy atom. The zero-order valence-corrected chi connectivity index (χ0v) is 7.36. The van der Waals surface area contributed by atoms with Crippen LogP contribution in [0.3, 0.4) is 0 Å². The van der Waals surface area contributed by atoms with E-state index in [4.69, 9.17) is 17.1 Å². The Bertz CT molecular complexity index is 381. The van der Waals surface area contributed by atoms with Crippen LogP contribution in [0.25, 0.3) is 10.4 Å². The Morgan fingerprint density at radius 1 is 1.62 bits per heavy atom. The number of aromatic nitrogens is 1. The molecule has 1 heterocycles. The van der Waals surface area contributed by atoms with E-state index in [9.17, 15) is 0 Å². The molecule has 4 nitrogen and oxygen atoms in total. The molecule has 0 aromatic carbocycles. The van der Waals surface area contributed by atoms with Gasteiger partial charge in [-0.15, -0.1) is 0 Å². The number of pyridine rings is 1. The van der Waals surface area contributed by atoms with Crippen LogP contribution in [0.2, 0.25) is 5.02 Å². The van der Waals surface area contributed by atoms with Gasteiger partial charge in [0.1, 0.15) is 5.69 Å². The quantitative estimate of drug-likeness (QED) is 0.292. The summed E-state index contributed by atoms with van der Waals surface area (Å²) in [6.07, 6.45) is 1.51. The van der Waals surface area contributed by atoms with Gasteiger partial charge in [-0.2, -0.15) is 0 Å². The average Bonchev–Trinajstić information content (AvgIpc) is 2.15. The van der Waals surface area contributed by atoms with Crippen LogP contribution in [0.1, 0.15) is 5.69 Å². The van der Waals surface area contributed by atoms with Gasteiger partial charge in [-0.3, -0.25) is 0 Å². The van der Waals surface area contributed by atoms with Crippen LogP contribution in [-0.4, -0.2) is 11.5 Å². The van der Waals surface area contributed by atoms with E-state index in [1.54, 1.807) is 12.1 Å². The molecule has 0 atom stereocenters. The summed E-state index contributed by atoms with van der Waals surface area (Å²) >= 11 is 5.62. The van der Waals surface area contributed by atoms with Gasteiger partial charge in [-0.1, -0.05) is 22.6 Å². The lowest BCUT2D eigenvalue weighted by atomic mass is 10.3. The number of rotatable bonds is 1. The maximum atomic E-state index is 7.96. The summed E-state index contributed by atoms with van der Waals surface area (Å²) in [7, 11) is 0. The zero-order chi connectivity index (χ0) is 9.52. The fourth-order valence-corrected chi connectivity index (χ4v) is 0.759. The van der Waals surface area contributed by atoms with Crippen molar-refractivity contribution in [2.45, 2.75) is 0 Å². The first-order valence-electron chi connectivity index (χ1n) is 3.44. The molecule has 13 heavy (non-hydrogen) atoms. The lowest BCUT2D eigenvalue weighted by Gasteiger charge is -1.88. The van der Waals surface area contributed by atoms with E-state index in [0.717, 1.165) is 0 Å². The number of halogens is 1. The third kappa shape index (κ3) is 3.48. The molecule has 0 saturated carbocycles. The van der Waals surface area contributed by atoms with Crippen LogP contribution < -0.4 is 0 Å². The second-order valence-electron chi connectivity index (χ2n) is 2.05. The molecule has 0 fully saturated rings. The van der Waals surface area contributed by atoms with Gasteiger partial charge >= 0.3 is 0 Å². The van der Waals surface area contributed by atoms with Crippen molar-refractivity contribution in [1.29, 1.82) is 0 Å². The van der Waals surface area contributed by atoms with Crippen LogP contribution in [-0.2, 0) is 0 Å². The normalized spacial score (nSPS) is 8.08. The van der Waals surface area contributed by atoms with E-state index in [2.05, 4.69) is 26.9 Å². The van der Waals surface area contributed by atoms with Gasteiger partial charge in [-0.05, 0) is 23.6 Å². The predicted octanol–water partition coefficient (Wildman–Crippen LogP) is 2.40. The van der Waals surface area contributed by atoms with Crippen LogP contribution in [0, 0.1) is 11.8 Å². The van der Waals surface area contributed by atoms with Crippen molar-refractivity contribution in [3.63, 3.8) is 0 Å². The Kier molecular flexibility index (Phi) is 3.65. The fraction of sp³-hybridized carbons (Fsp3) is 0.125. The summed E-state index contributed by atoms with van der Waals surface area (Å²) in [6, 6.07) is 3.40. The summed E-state index contributed by atoms with van der Waals surface area (Å²) in [5.74, 6) is 5.37. The molecule has 0 amide bonds. The molecule has 1 rings (SSSR count). The van der Waals surface area contributed by atoms with Gasteiger partial charge in [0.2, 0.25) is 0 Å². The van der Waals surface area contributed by atoms with Crippen molar-refractivity contribution < 1.29 is 0 Å². The van der Waals surface area contributed by atoms with Crippen molar-refractivity contribution in [2.24, 2.45) is 5.11 Å². The molecule has 0 unspecified atom stereocenters. The Balaban J connectivity index is 2.66. The van der Waals surface area contributed by atoms with E-state index >= 15 is 0 Å². The summed E-state index contributed by atoms with van der Waals surface area (Å²) in [4.78, 5) is 6.50. The number of hydrogen-bond donors (Lipinski definition) is 0. The minimum atomic E-state index is 0.154. The van der Waals surface area contributed by atoms with Gasteiger partial charge in [0.25, 0.3) is 0 Å². The minimum absolute atomic E-state index is 0.154. The molecule has 0 bridgehead atoms. The highest BCUT2D eigenvalue weighted by molar-refractivity contribution is 6.30.